The van der Waals surface area contributed by atoms with E-state index in [4.69, 9.17) is 4.74 Å². The number of aromatic amines is 1. The summed E-state index contributed by atoms with van der Waals surface area (Å²) in [7, 11) is 3.25. The lowest BCUT2D eigenvalue weighted by Crippen LogP contribution is -2.16. The number of rotatable bonds is 5. The Morgan fingerprint density at radius 3 is 2.27 bits per heavy atom. The molecule has 6 nitrogen and oxygen atoms in total. The van der Waals surface area contributed by atoms with E-state index in [1.54, 1.807) is 14.2 Å². The van der Waals surface area contributed by atoms with Gasteiger partial charge in [0, 0.05) is 20.4 Å². The zero-order chi connectivity index (χ0) is 16.4. The number of aromatic nitrogens is 1. The average molecular weight is 303 g/mol. The molecule has 0 aliphatic carbocycles. The highest BCUT2D eigenvalue weighted by atomic mass is 16.5. The molecule has 0 atom stereocenters. The van der Waals surface area contributed by atoms with E-state index in [1.807, 2.05) is 30.3 Å². The second-order valence-electron chi connectivity index (χ2n) is 4.23. The summed E-state index contributed by atoms with van der Waals surface area (Å²) in [5.74, 6) is -0.136. The van der Waals surface area contributed by atoms with Crippen LogP contribution in [0, 0.1) is 0 Å². The van der Waals surface area contributed by atoms with Crippen LogP contribution in [-0.2, 0) is 11.3 Å². The molecule has 6 heteroatoms. The Bertz CT molecular complexity index is 664. The summed E-state index contributed by atoms with van der Waals surface area (Å²) in [4.78, 5) is 36.0. The van der Waals surface area contributed by atoms with Crippen LogP contribution in [0.25, 0.3) is 0 Å². The molecule has 0 saturated carbocycles. The van der Waals surface area contributed by atoms with E-state index in [0.29, 0.717) is 12.6 Å². The minimum Gasteiger partial charge on any atom is -0.483 e. The maximum atomic E-state index is 11.9. The maximum Gasteiger partial charge on any atom is 0.234 e. The molecular formula is C16H17NO5. The van der Waals surface area contributed by atoms with Crippen LogP contribution in [0.1, 0.15) is 26.4 Å². The standard InChI is InChI=1S/C14H11NO4.C2H6O/c16-7-11-6-15-12(8-17)14(13(11)18)19-9-10-4-2-1-3-5-10;1-3-2/h1-8H,9H2,(H,15,18);1-2H3. The molecular weight excluding hydrogens is 286 g/mol. The third-order valence-corrected chi connectivity index (χ3v) is 2.57. The summed E-state index contributed by atoms with van der Waals surface area (Å²) >= 11 is 0. The van der Waals surface area contributed by atoms with Crippen molar-refractivity contribution in [2.45, 2.75) is 6.61 Å². The predicted molar refractivity (Wildman–Crippen MR) is 81.5 cm³/mol. The molecule has 2 aromatic rings. The molecule has 0 spiro atoms. The quantitative estimate of drug-likeness (QED) is 0.852. The lowest BCUT2D eigenvalue weighted by molar-refractivity contribution is 0.110. The van der Waals surface area contributed by atoms with Gasteiger partial charge in [-0.25, -0.2) is 0 Å². The number of benzene rings is 1. The molecule has 0 amide bonds. The second kappa shape index (κ2) is 9.25. The van der Waals surface area contributed by atoms with Crippen LogP contribution in [0.4, 0.5) is 0 Å². The predicted octanol–water partition coefficient (Wildman–Crippen LogP) is 1.84. The number of hydrogen-bond acceptors (Lipinski definition) is 5. The number of hydrogen-bond donors (Lipinski definition) is 1. The summed E-state index contributed by atoms with van der Waals surface area (Å²) in [5.41, 5.74) is 0.210. The molecule has 0 aliphatic heterocycles. The first-order valence-electron chi connectivity index (χ1n) is 6.40. The van der Waals surface area contributed by atoms with Crippen molar-refractivity contribution in [3.05, 3.63) is 63.6 Å². The lowest BCUT2D eigenvalue weighted by Gasteiger charge is -2.08. The van der Waals surface area contributed by atoms with Gasteiger partial charge in [0.05, 0.1) is 5.56 Å². The number of nitrogens with one attached hydrogen (secondary N) is 1. The molecule has 2 rings (SSSR count). The molecule has 0 saturated heterocycles. The monoisotopic (exact) mass is 303 g/mol. The molecule has 1 heterocycles. The summed E-state index contributed by atoms with van der Waals surface area (Å²) in [6.45, 7) is 0.146. The van der Waals surface area contributed by atoms with Crippen molar-refractivity contribution >= 4 is 12.6 Å². The van der Waals surface area contributed by atoms with Crippen molar-refractivity contribution in [1.29, 1.82) is 0 Å². The first-order valence-corrected chi connectivity index (χ1v) is 6.40. The normalized spacial score (nSPS) is 9.36. The topological polar surface area (TPSA) is 85.5 Å². The Balaban J connectivity index is 0.000000745. The fraction of sp³-hybridized carbons (Fsp3) is 0.188. The van der Waals surface area contributed by atoms with Crippen molar-refractivity contribution in [2.75, 3.05) is 14.2 Å². The number of H-pyrrole nitrogens is 1. The molecule has 0 radical (unpaired) electrons. The van der Waals surface area contributed by atoms with Gasteiger partial charge in [0.2, 0.25) is 5.43 Å². The molecule has 22 heavy (non-hydrogen) atoms. The molecule has 1 N–H and O–H groups in total. The van der Waals surface area contributed by atoms with Gasteiger partial charge in [-0.05, 0) is 5.56 Å². The Kier molecular flexibility index (Phi) is 7.28. The highest BCUT2D eigenvalue weighted by Gasteiger charge is 2.12. The van der Waals surface area contributed by atoms with Crippen molar-refractivity contribution in [2.24, 2.45) is 0 Å². The maximum absolute atomic E-state index is 11.9. The number of carbonyl (C=O) groups excluding carboxylic acids is 2. The second-order valence-corrected chi connectivity index (χ2v) is 4.23. The van der Waals surface area contributed by atoms with Crippen LogP contribution in [-0.4, -0.2) is 31.8 Å². The number of ether oxygens (including phenoxy) is 2. The average Bonchev–Trinajstić information content (AvgIpc) is 2.55. The van der Waals surface area contributed by atoms with Gasteiger partial charge in [0.25, 0.3) is 0 Å². The van der Waals surface area contributed by atoms with Crippen molar-refractivity contribution in [3.63, 3.8) is 0 Å². The van der Waals surface area contributed by atoms with Gasteiger partial charge in [-0.3, -0.25) is 14.4 Å². The molecule has 116 valence electrons. The number of methoxy groups -OCH3 is 1. The van der Waals surface area contributed by atoms with Gasteiger partial charge in [0.15, 0.2) is 18.3 Å². The van der Waals surface area contributed by atoms with Gasteiger partial charge in [-0.15, -0.1) is 0 Å². The van der Waals surface area contributed by atoms with E-state index < -0.39 is 5.43 Å². The molecule has 0 bridgehead atoms. The summed E-state index contributed by atoms with van der Waals surface area (Å²) in [6.07, 6.45) is 2.09. The Morgan fingerprint density at radius 1 is 1.09 bits per heavy atom. The van der Waals surface area contributed by atoms with Crippen molar-refractivity contribution in [1.82, 2.24) is 4.98 Å². The van der Waals surface area contributed by atoms with Crippen LogP contribution < -0.4 is 10.2 Å². The van der Waals surface area contributed by atoms with Crippen molar-refractivity contribution in [3.8, 4) is 5.75 Å². The smallest absolute Gasteiger partial charge is 0.234 e. The summed E-state index contributed by atoms with van der Waals surface area (Å²) < 4.78 is 9.60. The zero-order valence-electron chi connectivity index (χ0n) is 12.4. The lowest BCUT2D eigenvalue weighted by atomic mass is 10.2. The highest BCUT2D eigenvalue weighted by Crippen LogP contribution is 2.11. The van der Waals surface area contributed by atoms with Gasteiger partial charge < -0.3 is 14.5 Å². The van der Waals surface area contributed by atoms with Crippen LogP contribution in [0.15, 0.2) is 41.3 Å². The molecule has 1 aromatic carbocycles. The first kappa shape index (κ1) is 17.3. The number of pyridine rings is 1. The fourth-order valence-corrected chi connectivity index (χ4v) is 1.59. The number of carbonyl (C=O) groups is 2. The van der Waals surface area contributed by atoms with Crippen LogP contribution in [0.5, 0.6) is 5.75 Å². The van der Waals surface area contributed by atoms with Gasteiger partial charge >= 0.3 is 0 Å². The Morgan fingerprint density at radius 2 is 1.73 bits per heavy atom. The minimum atomic E-state index is -0.591. The molecule has 0 fully saturated rings. The van der Waals surface area contributed by atoms with E-state index in [9.17, 15) is 14.4 Å². The highest BCUT2D eigenvalue weighted by molar-refractivity contribution is 5.80. The first-order chi connectivity index (χ1) is 10.7. The van der Waals surface area contributed by atoms with E-state index >= 15 is 0 Å². The van der Waals surface area contributed by atoms with Crippen LogP contribution in [0.2, 0.25) is 0 Å². The van der Waals surface area contributed by atoms with Crippen LogP contribution >= 0.6 is 0 Å². The molecule has 0 unspecified atom stereocenters. The van der Waals surface area contributed by atoms with E-state index in [0.717, 1.165) is 5.56 Å². The molecule has 1 aromatic heterocycles. The Labute approximate surface area is 127 Å². The summed E-state index contributed by atoms with van der Waals surface area (Å²) in [5, 5.41) is 0. The van der Waals surface area contributed by atoms with E-state index in [2.05, 4.69) is 9.72 Å². The molecule has 0 aliphatic rings. The largest absolute Gasteiger partial charge is 0.483 e. The summed E-state index contributed by atoms with van der Waals surface area (Å²) in [6, 6.07) is 9.20. The van der Waals surface area contributed by atoms with Gasteiger partial charge in [-0.1, -0.05) is 30.3 Å². The van der Waals surface area contributed by atoms with Gasteiger partial charge in [-0.2, -0.15) is 0 Å². The third-order valence-electron chi connectivity index (χ3n) is 2.57. The third kappa shape index (κ3) is 4.68. The SMILES string of the molecule is COC.O=Cc1[nH]cc(C=O)c(=O)c1OCc1ccccc1. The van der Waals surface area contributed by atoms with E-state index in [-0.39, 0.29) is 23.6 Å². The number of aldehydes is 2. The fourth-order valence-electron chi connectivity index (χ4n) is 1.59. The van der Waals surface area contributed by atoms with Gasteiger partial charge in [0.1, 0.15) is 12.3 Å². The Hall–Kier alpha value is -2.73. The van der Waals surface area contributed by atoms with E-state index in [1.165, 1.54) is 6.20 Å². The zero-order valence-corrected chi connectivity index (χ0v) is 12.4. The van der Waals surface area contributed by atoms with Crippen LogP contribution in [0.3, 0.4) is 0 Å². The van der Waals surface area contributed by atoms with Crippen molar-refractivity contribution < 1.29 is 19.1 Å². The minimum absolute atomic E-state index is 0.0199.